The van der Waals surface area contributed by atoms with Gasteiger partial charge in [-0.3, -0.25) is 4.79 Å². The molecule has 1 aromatic carbocycles. The Bertz CT molecular complexity index is 589. The number of fused-ring (bicyclic) bond motifs is 1. The third kappa shape index (κ3) is 1.95. The highest BCUT2D eigenvalue weighted by Gasteiger charge is 2.01. The average Bonchev–Trinajstić information content (AvgIpc) is 2.60. The summed E-state index contributed by atoms with van der Waals surface area (Å²) in [6.07, 6.45) is 1.81. The zero-order valence-electron chi connectivity index (χ0n) is 7.67. The minimum Gasteiger partial charge on any atom is -0.361 e. The molecule has 0 bridgehead atoms. The summed E-state index contributed by atoms with van der Waals surface area (Å²) in [5.41, 5.74) is 6.46. The third-order valence-corrected chi connectivity index (χ3v) is 2.27. The molecule has 3 nitrogen and oxygen atoms in total. The molecule has 74 valence electrons. The second-order valence-electron chi connectivity index (χ2n) is 3.01. The molecule has 0 spiro atoms. The second kappa shape index (κ2) is 3.68. The number of primary amides is 1. The van der Waals surface area contributed by atoms with Gasteiger partial charge in [-0.1, -0.05) is 17.5 Å². The first-order chi connectivity index (χ1) is 7.16. The number of aromatic amines is 1. The van der Waals surface area contributed by atoms with E-state index in [4.69, 9.17) is 17.3 Å². The molecule has 0 fully saturated rings. The molecule has 1 aromatic heterocycles. The summed E-state index contributed by atoms with van der Waals surface area (Å²) in [7, 11) is 0. The summed E-state index contributed by atoms with van der Waals surface area (Å²) >= 11 is 5.97. The number of carbonyl (C=O) groups is 1. The van der Waals surface area contributed by atoms with Crippen LogP contribution in [-0.4, -0.2) is 10.9 Å². The molecular formula is C11H7ClN2O. The highest BCUT2D eigenvalue weighted by atomic mass is 35.5. The first-order valence-electron chi connectivity index (χ1n) is 4.25. The molecule has 1 amide bonds. The maximum absolute atomic E-state index is 10.5. The molecule has 0 saturated heterocycles. The van der Waals surface area contributed by atoms with E-state index in [1.165, 1.54) is 0 Å². The van der Waals surface area contributed by atoms with Crippen molar-refractivity contribution in [1.82, 2.24) is 4.98 Å². The Morgan fingerprint density at radius 2 is 2.27 bits per heavy atom. The van der Waals surface area contributed by atoms with Crippen LogP contribution >= 0.6 is 11.6 Å². The Morgan fingerprint density at radius 3 is 3.00 bits per heavy atom. The van der Waals surface area contributed by atoms with Gasteiger partial charge in [-0.2, -0.15) is 0 Å². The minimum atomic E-state index is -0.666. The van der Waals surface area contributed by atoms with Gasteiger partial charge in [0.1, 0.15) is 0 Å². The molecule has 0 radical (unpaired) electrons. The molecule has 3 N–H and O–H groups in total. The molecule has 1 heterocycles. The van der Waals surface area contributed by atoms with Gasteiger partial charge in [0.25, 0.3) is 5.91 Å². The fraction of sp³-hybridized carbons (Fsp3) is 0. The largest absolute Gasteiger partial charge is 0.361 e. The van der Waals surface area contributed by atoms with Gasteiger partial charge in [-0.05, 0) is 18.2 Å². The van der Waals surface area contributed by atoms with E-state index in [-0.39, 0.29) is 0 Å². The number of hydrogen-bond donors (Lipinski definition) is 2. The van der Waals surface area contributed by atoms with Crippen LogP contribution in [0.4, 0.5) is 0 Å². The first kappa shape index (κ1) is 9.63. The normalized spacial score (nSPS) is 9.67. The van der Waals surface area contributed by atoms with E-state index in [2.05, 4.69) is 16.8 Å². The van der Waals surface area contributed by atoms with Crippen LogP contribution in [0.15, 0.2) is 24.4 Å². The summed E-state index contributed by atoms with van der Waals surface area (Å²) in [4.78, 5) is 13.5. The van der Waals surface area contributed by atoms with Crippen LogP contribution in [0.3, 0.4) is 0 Å². The second-order valence-corrected chi connectivity index (χ2v) is 3.42. The molecule has 0 aliphatic heterocycles. The molecule has 2 aromatic rings. The average molecular weight is 219 g/mol. The van der Waals surface area contributed by atoms with Crippen LogP contribution in [-0.2, 0) is 4.79 Å². The third-order valence-electron chi connectivity index (χ3n) is 1.96. The van der Waals surface area contributed by atoms with E-state index in [0.717, 1.165) is 10.9 Å². The molecule has 0 aliphatic carbocycles. The van der Waals surface area contributed by atoms with Crippen molar-refractivity contribution in [3.8, 4) is 11.8 Å². The van der Waals surface area contributed by atoms with Crippen LogP contribution in [0.5, 0.6) is 0 Å². The number of hydrogen-bond acceptors (Lipinski definition) is 1. The highest BCUT2D eigenvalue weighted by Crippen LogP contribution is 2.22. The van der Waals surface area contributed by atoms with Crippen LogP contribution in [0, 0.1) is 11.8 Å². The number of amides is 1. The Kier molecular flexibility index (Phi) is 2.36. The number of nitrogens with two attached hydrogens (primary N) is 1. The topological polar surface area (TPSA) is 58.9 Å². The number of aromatic nitrogens is 1. The molecule has 0 aliphatic rings. The number of H-pyrrole nitrogens is 1. The van der Waals surface area contributed by atoms with Gasteiger partial charge >= 0.3 is 0 Å². The maximum Gasteiger partial charge on any atom is 0.293 e. The van der Waals surface area contributed by atoms with Crippen molar-refractivity contribution in [2.45, 2.75) is 0 Å². The predicted molar refractivity (Wildman–Crippen MR) is 59.4 cm³/mol. The van der Waals surface area contributed by atoms with Crippen LogP contribution in [0.2, 0.25) is 5.02 Å². The number of carbonyl (C=O) groups excluding carboxylic acids is 1. The van der Waals surface area contributed by atoms with Crippen molar-refractivity contribution < 1.29 is 4.79 Å². The molecule has 0 saturated carbocycles. The van der Waals surface area contributed by atoms with Crippen molar-refractivity contribution in [3.05, 3.63) is 35.0 Å². The molecule has 2 rings (SSSR count). The van der Waals surface area contributed by atoms with Crippen LogP contribution < -0.4 is 5.73 Å². The number of halogens is 1. The number of rotatable bonds is 0. The lowest BCUT2D eigenvalue weighted by atomic mass is 10.1. The van der Waals surface area contributed by atoms with Gasteiger partial charge in [0.15, 0.2) is 0 Å². The van der Waals surface area contributed by atoms with Gasteiger partial charge in [-0.15, -0.1) is 0 Å². The first-order valence-corrected chi connectivity index (χ1v) is 4.63. The maximum atomic E-state index is 10.5. The number of benzene rings is 1. The van der Waals surface area contributed by atoms with Gasteiger partial charge in [-0.25, -0.2) is 0 Å². The quantitative estimate of drug-likeness (QED) is 0.649. The van der Waals surface area contributed by atoms with Gasteiger partial charge in [0.2, 0.25) is 0 Å². The summed E-state index contributed by atoms with van der Waals surface area (Å²) in [5, 5.41) is 1.49. The smallest absolute Gasteiger partial charge is 0.293 e. The van der Waals surface area contributed by atoms with E-state index in [1.54, 1.807) is 6.07 Å². The van der Waals surface area contributed by atoms with Crippen LogP contribution in [0.25, 0.3) is 10.9 Å². The Hall–Kier alpha value is -1.92. The summed E-state index contributed by atoms with van der Waals surface area (Å²) in [6, 6.07) is 5.48. The van der Waals surface area contributed by atoms with Gasteiger partial charge in [0.05, 0.1) is 5.02 Å². The summed E-state index contributed by atoms with van der Waals surface area (Å²) in [6.45, 7) is 0. The lowest BCUT2D eigenvalue weighted by Gasteiger charge is -1.96. The summed E-state index contributed by atoms with van der Waals surface area (Å²) in [5.74, 6) is 4.21. The fourth-order valence-corrected chi connectivity index (χ4v) is 1.51. The standard InChI is InChI=1S/C11H7ClN2O/c12-9-6-10-8(3-4-14-10)5-7(9)1-2-11(13)15/h3-6,14H,(H2,13,15). The van der Waals surface area contributed by atoms with Gasteiger partial charge in [0, 0.05) is 28.6 Å². The van der Waals surface area contributed by atoms with E-state index in [1.807, 2.05) is 18.3 Å². The predicted octanol–water partition coefficient (Wildman–Crippen LogP) is 1.66. The molecule has 0 atom stereocenters. The van der Waals surface area contributed by atoms with E-state index < -0.39 is 5.91 Å². The molecular weight excluding hydrogens is 212 g/mol. The Morgan fingerprint density at radius 1 is 1.47 bits per heavy atom. The van der Waals surface area contributed by atoms with Crippen molar-refractivity contribution >= 4 is 28.4 Å². The van der Waals surface area contributed by atoms with Crippen molar-refractivity contribution in [2.24, 2.45) is 5.73 Å². The molecule has 0 unspecified atom stereocenters. The van der Waals surface area contributed by atoms with E-state index in [9.17, 15) is 4.79 Å². The zero-order valence-corrected chi connectivity index (χ0v) is 8.43. The SMILES string of the molecule is NC(=O)C#Cc1cc2cc[nH]c2cc1Cl. The highest BCUT2D eigenvalue weighted by molar-refractivity contribution is 6.32. The lowest BCUT2D eigenvalue weighted by molar-refractivity contribution is -0.112. The monoisotopic (exact) mass is 218 g/mol. The fourth-order valence-electron chi connectivity index (χ4n) is 1.30. The van der Waals surface area contributed by atoms with Gasteiger partial charge < -0.3 is 10.7 Å². The van der Waals surface area contributed by atoms with Crippen molar-refractivity contribution in [2.75, 3.05) is 0 Å². The Labute approximate surface area is 91.2 Å². The zero-order chi connectivity index (χ0) is 10.8. The molecule has 4 heteroatoms. The van der Waals surface area contributed by atoms with Crippen molar-refractivity contribution in [1.29, 1.82) is 0 Å². The lowest BCUT2D eigenvalue weighted by Crippen LogP contribution is -2.06. The van der Waals surface area contributed by atoms with E-state index >= 15 is 0 Å². The van der Waals surface area contributed by atoms with Crippen LogP contribution in [0.1, 0.15) is 5.56 Å². The summed E-state index contributed by atoms with van der Waals surface area (Å²) < 4.78 is 0. The molecule has 15 heavy (non-hydrogen) atoms. The van der Waals surface area contributed by atoms with E-state index in [0.29, 0.717) is 10.6 Å². The van der Waals surface area contributed by atoms with Crippen molar-refractivity contribution in [3.63, 3.8) is 0 Å². The Balaban J connectivity index is 2.57. The number of nitrogens with one attached hydrogen (secondary N) is 1. The minimum absolute atomic E-state index is 0.499.